The molecule has 144 valence electrons. The second kappa shape index (κ2) is 9.65. The van der Waals surface area contributed by atoms with Gasteiger partial charge < -0.3 is 14.8 Å². The molecule has 1 heterocycles. The maximum absolute atomic E-state index is 12.0. The van der Waals surface area contributed by atoms with E-state index in [0.717, 1.165) is 38.4 Å². The van der Waals surface area contributed by atoms with E-state index in [9.17, 15) is 9.59 Å². The number of carbonyl (C=O) groups excluding carboxylic acids is 2. The zero-order valence-corrected chi connectivity index (χ0v) is 15.4. The molecule has 2 aromatic carbocycles. The van der Waals surface area contributed by atoms with Gasteiger partial charge in [0.1, 0.15) is 0 Å². The molecule has 1 fully saturated rings. The number of ether oxygens (including phenoxy) is 2. The Kier molecular flexibility index (Phi) is 6.73. The summed E-state index contributed by atoms with van der Waals surface area (Å²) in [6.07, 6.45) is 0. The molecule has 1 aliphatic heterocycles. The van der Waals surface area contributed by atoms with Crippen molar-refractivity contribution < 1.29 is 19.1 Å². The average molecular weight is 379 g/mol. The molecule has 0 saturated carbocycles. The maximum Gasteiger partial charge on any atom is 0.338 e. The lowest BCUT2D eigenvalue weighted by atomic mass is 10.1. The highest BCUT2D eigenvalue weighted by Crippen LogP contribution is 2.13. The highest BCUT2D eigenvalue weighted by molar-refractivity contribution is 5.95. The number of rotatable bonds is 6. The van der Waals surface area contributed by atoms with Crippen LogP contribution in [0, 0.1) is 11.3 Å². The Hall–Kier alpha value is -3.21. The summed E-state index contributed by atoms with van der Waals surface area (Å²) in [6.45, 7) is 3.80. The fourth-order valence-electron chi connectivity index (χ4n) is 2.84. The summed E-state index contributed by atoms with van der Waals surface area (Å²) < 4.78 is 10.3. The van der Waals surface area contributed by atoms with E-state index in [-0.39, 0.29) is 5.56 Å². The van der Waals surface area contributed by atoms with Crippen LogP contribution in [0.3, 0.4) is 0 Å². The van der Waals surface area contributed by atoms with Gasteiger partial charge in [0.25, 0.3) is 5.91 Å². The summed E-state index contributed by atoms with van der Waals surface area (Å²) in [5.74, 6) is -1.07. The number of hydrogen-bond acceptors (Lipinski definition) is 6. The van der Waals surface area contributed by atoms with Gasteiger partial charge in [0.05, 0.1) is 30.4 Å². The summed E-state index contributed by atoms with van der Waals surface area (Å²) in [6, 6.07) is 15.7. The summed E-state index contributed by atoms with van der Waals surface area (Å²) in [7, 11) is 0. The van der Waals surface area contributed by atoms with Crippen molar-refractivity contribution in [2.24, 2.45) is 0 Å². The van der Waals surface area contributed by atoms with Gasteiger partial charge in [0.15, 0.2) is 6.61 Å². The van der Waals surface area contributed by atoms with Gasteiger partial charge >= 0.3 is 5.97 Å². The van der Waals surface area contributed by atoms with E-state index in [1.807, 2.05) is 30.3 Å². The molecule has 0 bridgehead atoms. The number of carbonyl (C=O) groups is 2. The van der Waals surface area contributed by atoms with Gasteiger partial charge in [-0.05, 0) is 35.9 Å². The Morgan fingerprint density at radius 1 is 1.14 bits per heavy atom. The number of amides is 1. The van der Waals surface area contributed by atoms with Crippen molar-refractivity contribution in [2.75, 3.05) is 38.2 Å². The Morgan fingerprint density at radius 2 is 1.89 bits per heavy atom. The Balaban J connectivity index is 1.46. The third-order valence-corrected chi connectivity index (χ3v) is 4.31. The Bertz CT molecular complexity index is 868. The summed E-state index contributed by atoms with van der Waals surface area (Å²) in [4.78, 5) is 26.3. The number of hydrogen-bond donors (Lipinski definition) is 1. The van der Waals surface area contributed by atoms with Gasteiger partial charge in [-0.25, -0.2) is 4.79 Å². The third kappa shape index (κ3) is 5.64. The first-order valence-electron chi connectivity index (χ1n) is 9.00. The lowest BCUT2D eigenvalue weighted by molar-refractivity contribution is -0.119. The van der Waals surface area contributed by atoms with Crippen molar-refractivity contribution in [2.45, 2.75) is 6.54 Å². The number of esters is 1. The number of nitrogens with one attached hydrogen (secondary N) is 1. The smallest absolute Gasteiger partial charge is 0.338 e. The van der Waals surface area contributed by atoms with E-state index in [0.29, 0.717) is 11.3 Å². The van der Waals surface area contributed by atoms with E-state index < -0.39 is 18.5 Å². The van der Waals surface area contributed by atoms with Crippen LogP contribution in [0.5, 0.6) is 0 Å². The van der Waals surface area contributed by atoms with Gasteiger partial charge in [0.2, 0.25) is 0 Å². The zero-order chi connectivity index (χ0) is 19.8. The van der Waals surface area contributed by atoms with Crippen molar-refractivity contribution in [1.29, 1.82) is 5.26 Å². The summed E-state index contributed by atoms with van der Waals surface area (Å²) in [5, 5.41) is 11.6. The molecule has 2 aromatic rings. The normalized spacial score (nSPS) is 14.1. The summed E-state index contributed by atoms with van der Waals surface area (Å²) >= 11 is 0. The fourth-order valence-corrected chi connectivity index (χ4v) is 2.84. The first-order chi connectivity index (χ1) is 13.6. The molecule has 0 radical (unpaired) electrons. The first-order valence-corrected chi connectivity index (χ1v) is 9.00. The highest BCUT2D eigenvalue weighted by atomic mass is 16.5. The molecule has 1 amide bonds. The lowest BCUT2D eigenvalue weighted by Gasteiger charge is -2.26. The standard InChI is InChI=1S/C21H21N3O4/c22-13-17-2-1-3-18(12-17)21(26)28-15-20(25)23-19-6-4-16(5-7-19)14-24-8-10-27-11-9-24/h1-7,12H,8-11,14-15H2,(H,23,25). The molecule has 1 N–H and O–H groups in total. The fraction of sp³-hybridized carbons (Fsp3) is 0.286. The van der Waals surface area contributed by atoms with Gasteiger partial charge in [-0.3, -0.25) is 9.69 Å². The molecule has 1 saturated heterocycles. The van der Waals surface area contributed by atoms with E-state index in [2.05, 4.69) is 10.2 Å². The minimum absolute atomic E-state index is 0.235. The van der Waals surface area contributed by atoms with Crippen molar-refractivity contribution >= 4 is 17.6 Å². The number of anilines is 1. The summed E-state index contributed by atoms with van der Waals surface area (Å²) in [5.41, 5.74) is 2.39. The van der Waals surface area contributed by atoms with E-state index in [4.69, 9.17) is 14.7 Å². The molecule has 1 aliphatic rings. The van der Waals surface area contributed by atoms with Crippen LogP contribution < -0.4 is 5.32 Å². The molecular weight excluding hydrogens is 358 g/mol. The predicted octanol–water partition coefficient (Wildman–Crippen LogP) is 2.19. The van der Waals surface area contributed by atoms with Gasteiger partial charge in [-0.15, -0.1) is 0 Å². The first kappa shape index (κ1) is 19.5. The van der Waals surface area contributed by atoms with Crippen LogP contribution in [0.4, 0.5) is 5.69 Å². The maximum atomic E-state index is 12.0. The molecule has 28 heavy (non-hydrogen) atoms. The molecule has 0 atom stereocenters. The van der Waals surface area contributed by atoms with Crippen LogP contribution in [0.1, 0.15) is 21.5 Å². The van der Waals surface area contributed by atoms with E-state index in [1.54, 1.807) is 12.1 Å². The van der Waals surface area contributed by atoms with Gasteiger partial charge in [-0.2, -0.15) is 5.26 Å². The Morgan fingerprint density at radius 3 is 2.61 bits per heavy atom. The second-order valence-corrected chi connectivity index (χ2v) is 6.40. The quantitative estimate of drug-likeness (QED) is 0.774. The van der Waals surface area contributed by atoms with Crippen LogP contribution in [0.15, 0.2) is 48.5 Å². The number of nitrogens with zero attached hydrogens (tertiary/aromatic N) is 2. The molecule has 3 rings (SSSR count). The molecule has 0 aromatic heterocycles. The third-order valence-electron chi connectivity index (χ3n) is 4.31. The Labute approximate surface area is 163 Å². The number of benzene rings is 2. The average Bonchev–Trinajstić information content (AvgIpc) is 2.74. The van der Waals surface area contributed by atoms with E-state index in [1.165, 1.54) is 12.1 Å². The van der Waals surface area contributed by atoms with Gasteiger partial charge in [0, 0.05) is 25.3 Å². The monoisotopic (exact) mass is 379 g/mol. The molecule has 0 spiro atoms. The van der Waals surface area contributed by atoms with Crippen LogP contribution in [-0.2, 0) is 20.8 Å². The molecule has 0 aliphatic carbocycles. The van der Waals surface area contributed by atoms with Crippen LogP contribution >= 0.6 is 0 Å². The van der Waals surface area contributed by atoms with Gasteiger partial charge in [-0.1, -0.05) is 18.2 Å². The van der Waals surface area contributed by atoms with Crippen LogP contribution in [-0.4, -0.2) is 49.7 Å². The van der Waals surface area contributed by atoms with Crippen LogP contribution in [0.25, 0.3) is 0 Å². The molecular formula is C21H21N3O4. The van der Waals surface area contributed by atoms with Crippen molar-refractivity contribution in [1.82, 2.24) is 4.90 Å². The predicted molar refractivity (Wildman–Crippen MR) is 103 cm³/mol. The SMILES string of the molecule is N#Cc1cccc(C(=O)OCC(=O)Nc2ccc(CN3CCOCC3)cc2)c1. The van der Waals surface area contributed by atoms with Crippen molar-refractivity contribution in [3.05, 3.63) is 65.2 Å². The minimum atomic E-state index is -0.645. The highest BCUT2D eigenvalue weighted by Gasteiger charge is 2.12. The van der Waals surface area contributed by atoms with E-state index >= 15 is 0 Å². The molecule has 0 unspecified atom stereocenters. The van der Waals surface area contributed by atoms with Crippen LogP contribution in [0.2, 0.25) is 0 Å². The molecule has 7 nitrogen and oxygen atoms in total. The molecule has 7 heteroatoms. The number of nitriles is 1. The number of morpholine rings is 1. The minimum Gasteiger partial charge on any atom is -0.452 e. The van der Waals surface area contributed by atoms with Crippen molar-refractivity contribution in [3.63, 3.8) is 0 Å². The second-order valence-electron chi connectivity index (χ2n) is 6.40. The zero-order valence-electron chi connectivity index (χ0n) is 15.4. The largest absolute Gasteiger partial charge is 0.452 e. The lowest BCUT2D eigenvalue weighted by Crippen LogP contribution is -2.35. The van der Waals surface area contributed by atoms with Crippen molar-refractivity contribution in [3.8, 4) is 6.07 Å². The topological polar surface area (TPSA) is 91.7 Å².